The van der Waals surface area contributed by atoms with E-state index >= 15 is 0 Å². The summed E-state index contributed by atoms with van der Waals surface area (Å²) in [6.45, 7) is 4.29. The molecule has 0 fully saturated rings. The lowest BCUT2D eigenvalue weighted by molar-refractivity contribution is 1.38. The van der Waals surface area contributed by atoms with Gasteiger partial charge >= 0.3 is 0 Å². The first-order chi connectivity index (χ1) is 7.69. The lowest BCUT2D eigenvalue weighted by atomic mass is 10.0. The molecule has 2 aromatic carbocycles. The fraction of sp³-hybridized carbons (Fsp3) is 0.143. The average molecular weight is 340 g/mol. The summed E-state index contributed by atoms with van der Waals surface area (Å²) in [5.41, 5.74) is 5.24. The number of halogens is 1. The summed E-state index contributed by atoms with van der Waals surface area (Å²) in [4.78, 5) is 1.30. The van der Waals surface area contributed by atoms with Crippen LogP contribution in [0.3, 0.4) is 0 Å². The quantitative estimate of drug-likeness (QED) is 0.659. The second-order valence-corrected chi connectivity index (χ2v) is 5.92. The molecular formula is C14H13IS. The van der Waals surface area contributed by atoms with Gasteiger partial charge in [-0.25, -0.2) is 0 Å². The molecule has 0 N–H and O–H groups in total. The van der Waals surface area contributed by atoms with E-state index in [9.17, 15) is 0 Å². The Morgan fingerprint density at radius 2 is 1.38 bits per heavy atom. The van der Waals surface area contributed by atoms with Crippen molar-refractivity contribution in [1.82, 2.24) is 0 Å². The standard InChI is InChI=1S/C14H13IS/c1-10-7-11(2)9-13(8-10)12-3-5-14(16-15)6-4-12/h3-9H,1-2H3. The van der Waals surface area contributed by atoms with Crippen LogP contribution in [0, 0.1) is 13.8 Å². The molecule has 0 radical (unpaired) electrons. The first-order valence-corrected chi connectivity index (χ1v) is 8.52. The van der Waals surface area contributed by atoms with Crippen molar-refractivity contribution >= 4 is 30.1 Å². The summed E-state index contributed by atoms with van der Waals surface area (Å²) in [7, 11) is 1.75. The molecule has 82 valence electrons. The normalized spacial score (nSPS) is 10.4. The summed E-state index contributed by atoms with van der Waals surface area (Å²) in [6, 6.07) is 15.4. The van der Waals surface area contributed by atoms with Crippen LogP contribution in [0.5, 0.6) is 0 Å². The maximum atomic E-state index is 2.31. The van der Waals surface area contributed by atoms with Crippen LogP contribution >= 0.6 is 30.1 Å². The lowest BCUT2D eigenvalue weighted by Crippen LogP contribution is -1.82. The van der Waals surface area contributed by atoms with Gasteiger partial charge < -0.3 is 0 Å². The van der Waals surface area contributed by atoms with E-state index in [-0.39, 0.29) is 0 Å². The smallest absolute Gasteiger partial charge is 0.0179 e. The first kappa shape index (κ1) is 12.0. The van der Waals surface area contributed by atoms with Crippen molar-refractivity contribution in [2.45, 2.75) is 18.7 Å². The van der Waals surface area contributed by atoms with Crippen LogP contribution in [0.25, 0.3) is 11.1 Å². The van der Waals surface area contributed by atoms with Crippen LogP contribution in [-0.4, -0.2) is 0 Å². The van der Waals surface area contributed by atoms with Crippen molar-refractivity contribution < 1.29 is 0 Å². The molecule has 0 heterocycles. The Hall–Kier alpha value is -0.480. The Kier molecular flexibility index (Phi) is 3.92. The van der Waals surface area contributed by atoms with Crippen LogP contribution in [0.15, 0.2) is 47.4 Å². The molecular weight excluding hydrogens is 327 g/mol. The number of hydrogen-bond donors (Lipinski definition) is 0. The van der Waals surface area contributed by atoms with E-state index in [1.807, 2.05) is 0 Å². The van der Waals surface area contributed by atoms with E-state index in [1.54, 1.807) is 8.93 Å². The molecule has 0 aliphatic rings. The Balaban J connectivity index is 2.42. The van der Waals surface area contributed by atoms with Crippen molar-refractivity contribution in [1.29, 1.82) is 0 Å². The second-order valence-electron chi connectivity index (χ2n) is 3.98. The molecule has 0 saturated heterocycles. The van der Waals surface area contributed by atoms with Gasteiger partial charge in [0.15, 0.2) is 0 Å². The summed E-state index contributed by atoms with van der Waals surface area (Å²) in [5.74, 6) is 0. The van der Waals surface area contributed by atoms with Crippen LogP contribution in [0.4, 0.5) is 0 Å². The molecule has 0 nitrogen and oxygen atoms in total. The highest BCUT2D eigenvalue weighted by atomic mass is 127. The van der Waals surface area contributed by atoms with Crippen LogP contribution in [0.1, 0.15) is 11.1 Å². The molecule has 0 saturated carbocycles. The van der Waals surface area contributed by atoms with Crippen LogP contribution in [-0.2, 0) is 0 Å². The highest BCUT2D eigenvalue weighted by Gasteiger charge is 1.99. The summed E-state index contributed by atoms with van der Waals surface area (Å²) in [6.07, 6.45) is 0. The zero-order chi connectivity index (χ0) is 11.5. The largest absolute Gasteiger partial charge is 0.0563 e. The van der Waals surface area contributed by atoms with Crippen molar-refractivity contribution in [2.75, 3.05) is 0 Å². The van der Waals surface area contributed by atoms with E-state index in [1.165, 1.54) is 27.1 Å². The first-order valence-electron chi connectivity index (χ1n) is 5.16. The maximum absolute atomic E-state index is 2.31. The molecule has 0 amide bonds. The highest BCUT2D eigenvalue weighted by Crippen LogP contribution is 2.28. The number of rotatable bonds is 2. The zero-order valence-corrected chi connectivity index (χ0v) is 12.3. The SMILES string of the molecule is Cc1cc(C)cc(-c2ccc(SI)cc2)c1. The van der Waals surface area contributed by atoms with Gasteiger partial charge in [0.2, 0.25) is 0 Å². The minimum atomic E-state index is 1.29. The number of aryl methyl sites for hydroxylation is 2. The zero-order valence-electron chi connectivity index (χ0n) is 9.33. The fourth-order valence-electron chi connectivity index (χ4n) is 1.84. The van der Waals surface area contributed by atoms with Gasteiger partial charge in [0.1, 0.15) is 0 Å². The Morgan fingerprint density at radius 1 is 0.812 bits per heavy atom. The predicted octanol–water partition coefficient (Wildman–Crippen LogP) is 5.41. The summed E-state index contributed by atoms with van der Waals surface area (Å²) in [5, 5.41) is 0. The molecule has 2 aromatic rings. The van der Waals surface area contributed by atoms with Crippen LogP contribution < -0.4 is 0 Å². The summed E-state index contributed by atoms with van der Waals surface area (Å²) >= 11 is 2.31. The minimum Gasteiger partial charge on any atom is -0.0563 e. The van der Waals surface area contributed by atoms with Gasteiger partial charge in [0.25, 0.3) is 0 Å². The van der Waals surface area contributed by atoms with E-state index in [2.05, 4.69) is 77.5 Å². The van der Waals surface area contributed by atoms with Gasteiger partial charge in [-0.3, -0.25) is 0 Å². The molecule has 0 spiro atoms. The second kappa shape index (κ2) is 5.23. The lowest BCUT2D eigenvalue weighted by Gasteiger charge is -2.05. The van der Waals surface area contributed by atoms with Crippen LogP contribution in [0.2, 0.25) is 0 Å². The molecule has 16 heavy (non-hydrogen) atoms. The van der Waals surface area contributed by atoms with Gasteiger partial charge in [-0.15, -0.1) is 0 Å². The van der Waals surface area contributed by atoms with Crippen molar-refractivity contribution in [3.05, 3.63) is 53.6 Å². The van der Waals surface area contributed by atoms with Gasteiger partial charge in [0, 0.05) is 26.1 Å². The van der Waals surface area contributed by atoms with E-state index < -0.39 is 0 Å². The average Bonchev–Trinajstić information content (AvgIpc) is 2.28. The van der Waals surface area contributed by atoms with E-state index in [0.29, 0.717) is 0 Å². The molecule has 0 aliphatic heterocycles. The third-order valence-corrected chi connectivity index (χ3v) is 4.47. The topological polar surface area (TPSA) is 0 Å². The summed E-state index contributed by atoms with van der Waals surface area (Å²) < 4.78 is 0. The van der Waals surface area contributed by atoms with Gasteiger partial charge in [0.05, 0.1) is 0 Å². The Labute approximate surface area is 113 Å². The molecule has 0 bridgehead atoms. The van der Waals surface area contributed by atoms with Crippen molar-refractivity contribution in [2.24, 2.45) is 0 Å². The highest BCUT2D eigenvalue weighted by molar-refractivity contribution is 14.2. The van der Waals surface area contributed by atoms with E-state index in [0.717, 1.165) is 0 Å². The van der Waals surface area contributed by atoms with Crippen molar-refractivity contribution in [3.63, 3.8) is 0 Å². The third kappa shape index (κ3) is 2.80. The van der Waals surface area contributed by atoms with Gasteiger partial charge in [-0.1, -0.05) is 50.4 Å². The predicted molar refractivity (Wildman–Crippen MR) is 81.2 cm³/mol. The fourth-order valence-corrected chi connectivity index (χ4v) is 2.96. The third-order valence-electron chi connectivity index (χ3n) is 2.50. The Morgan fingerprint density at radius 3 is 1.88 bits per heavy atom. The monoisotopic (exact) mass is 340 g/mol. The van der Waals surface area contributed by atoms with Gasteiger partial charge in [-0.2, -0.15) is 0 Å². The molecule has 0 aliphatic carbocycles. The van der Waals surface area contributed by atoms with E-state index in [4.69, 9.17) is 0 Å². The molecule has 0 aromatic heterocycles. The molecule has 2 rings (SSSR count). The maximum Gasteiger partial charge on any atom is 0.0179 e. The molecule has 2 heteroatoms. The Bertz CT molecular complexity index is 468. The van der Waals surface area contributed by atoms with Crippen molar-refractivity contribution in [3.8, 4) is 11.1 Å². The molecule has 0 atom stereocenters. The minimum absolute atomic E-state index is 1.29. The molecule has 0 unspecified atom stereocenters. The number of hydrogen-bond acceptors (Lipinski definition) is 1. The number of benzene rings is 2. The van der Waals surface area contributed by atoms with Gasteiger partial charge in [-0.05, 0) is 37.1 Å².